The number of carbonyl (C=O) groups excluding carboxylic acids is 1. The van der Waals surface area contributed by atoms with Gasteiger partial charge in [0, 0.05) is 22.0 Å². The van der Waals surface area contributed by atoms with E-state index in [1.165, 1.54) is 23.6 Å². The highest BCUT2D eigenvalue weighted by Gasteiger charge is 2.18. The monoisotopic (exact) mass is 379 g/mol. The second-order valence-electron chi connectivity index (χ2n) is 4.71. The van der Waals surface area contributed by atoms with E-state index in [0.717, 1.165) is 16.2 Å². The van der Waals surface area contributed by atoms with Gasteiger partial charge in [0.1, 0.15) is 4.21 Å². The van der Waals surface area contributed by atoms with E-state index in [9.17, 15) is 13.2 Å². The number of amides is 1. The van der Waals surface area contributed by atoms with Crippen LogP contribution in [0.1, 0.15) is 15.2 Å². The van der Waals surface area contributed by atoms with Gasteiger partial charge in [-0.25, -0.2) is 13.4 Å². The van der Waals surface area contributed by atoms with Gasteiger partial charge < -0.3 is 5.32 Å². The number of hydrogen-bond acceptors (Lipinski definition) is 6. The van der Waals surface area contributed by atoms with Crippen LogP contribution in [0.5, 0.6) is 0 Å². The zero-order valence-electron chi connectivity index (χ0n) is 12.3. The van der Waals surface area contributed by atoms with Crippen LogP contribution in [0.3, 0.4) is 0 Å². The summed E-state index contributed by atoms with van der Waals surface area (Å²) in [6.07, 6.45) is 1.53. The first-order chi connectivity index (χ1) is 11.5. The van der Waals surface area contributed by atoms with Gasteiger partial charge in [0.25, 0.3) is 15.9 Å². The molecule has 0 bridgehead atoms. The predicted octanol–water partition coefficient (Wildman–Crippen LogP) is 2.94. The fourth-order valence-electron chi connectivity index (χ4n) is 1.90. The Kier molecular flexibility index (Phi) is 4.93. The predicted molar refractivity (Wildman–Crippen MR) is 94.9 cm³/mol. The Morgan fingerprint density at radius 2 is 1.92 bits per heavy atom. The van der Waals surface area contributed by atoms with Gasteiger partial charge in [-0.2, -0.15) is 0 Å². The Morgan fingerprint density at radius 3 is 2.62 bits per heavy atom. The number of thiazole rings is 1. The first-order valence-corrected chi connectivity index (χ1v) is 10.1. The van der Waals surface area contributed by atoms with Gasteiger partial charge in [-0.3, -0.25) is 9.52 Å². The molecule has 0 fully saturated rings. The summed E-state index contributed by atoms with van der Waals surface area (Å²) < 4.78 is 27.1. The highest BCUT2D eigenvalue weighted by Crippen LogP contribution is 2.24. The van der Waals surface area contributed by atoms with E-state index in [0.29, 0.717) is 10.7 Å². The highest BCUT2D eigenvalue weighted by atomic mass is 32.2. The third-order valence-electron chi connectivity index (χ3n) is 3.02. The summed E-state index contributed by atoms with van der Waals surface area (Å²) in [5, 5.41) is 4.78. The van der Waals surface area contributed by atoms with Crippen molar-refractivity contribution in [2.24, 2.45) is 0 Å². The molecule has 0 aliphatic rings. The highest BCUT2D eigenvalue weighted by molar-refractivity contribution is 7.94. The number of sulfonamides is 1. The van der Waals surface area contributed by atoms with Crippen molar-refractivity contribution in [1.29, 1.82) is 0 Å². The van der Waals surface area contributed by atoms with E-state index in [1.807, 2.05) is 6.07 Å². The van der Waals surface area contributed by atoms with Gasteiger partial charge in [-0.05, 0) is 24.3 Å². The number of hydrogen-bond donors (Lipinski definition) is 2. The summed E-state index contributed by atoms with van der Waals surface area (Å²) in [6.45, 7) is 0.269. The first-order valence-electron chi connectivity index (χ1n) is 6.89. The number of aromatic nitrogens is 1. The standard InChI is InChI=1S/C15H13N3O3S3/c19-14(11-4-2-1-3-5-11)17-10-12-6-7-13(23-12)24(20,21)18-15-16-8-9-22-15/h1-9H,10H2,(H,16,18)(H,17,19). The van der Waals surface area contributed by atoms with Crippen LogP contribution in [-0.2, 0) is 16.6 Å². The molecule has 0 atom stereocenters. The molecule has 2 aromatic heterocycles. The van der Waals surface area contributed by atoms with E-state index in [-0.39, 0.29) is 16.7 Å². The largest absolute Gasteiger partial charge is 0.347 e. The molecule has 1 amide bonds. The first kappa shape index (κ1) is 16.6. The minimum absolute atomic E-state index is 0.182. The molecule has 3 aromatic rings. The molecule has 6 nitrogen and oxygen atoms in total. The molecule has 1 aromatic carbocycles. The van der Waals surface area contributed by atoms with Gasteiger partial charge in [-0.15, -0.1) is 22.7 Å². The molecule has 3 rings (SSSR count). The third-order valence-corrected chi connectivity index (χ3v) is 6.75. The Labute approximate surface area is 147 Å². The second-order valence-corrected chi connectivity index (χ2v) is 8.68. The summed E-state index contributed by atoms with van der Waals surface area (Å²) in [7, 11) is -3.65. The lowest BCUT2D eigenvalue weighted by molar-refractivity contribution is 0.0951. The van der Waals surface area contributed by atoms with Crippen LogP contribution < -0.4 is 10.0 Å². The summed E-state index contributed by atoms with van der Waals surface area (Å²) in [5.41, 5.74) is 0.562. The van der Waals surface area contributed by atoms with Crippen molar-refractivity contribution in [3.63, 3.8) is 0 Å². The van der Waals surface area contributed by atoms with Gasteiger partial charge in [-0.1, -0.05) is 18.2 Å². The minimum atomic E-state index is -3.65. The van der Waals surface area contributed by atoms with Crippen molar-refractivity contribution >= 4 is 43.7 Å². The number of rotatable bonds is 6. The van der Waals surface area contributed by atoms with Crippen molar-refractivity contribution in [2.45, 2.75) is 10.8 Å². The Morgan fingerprint density at radius 1 is 1.12 bits per heavy atom. The second kappa shape index (κ2) is 7.12. The molecule has 0 spiro atoms. The molecule has 24 heavy (non-hydrogen) atoms. The molecule has 0 radical (unpaired) electrons. The lowest BCUT2D eigenvalue weighted by Crippen LogP contribution is -2.22. The normalized spacial score (nSPS) is 11.2. The molecule has 124 valence electrons. The van der Waals surface area contributed by atoms with Crippen LogP contribution in [0.2, 0.25) is 0 Å². The maximum absolute atomic E-state index is 12.3. The van der Waals surface area contributed by atoms with Crippen molar-refractivity contribution in [3.05, 3.63) is 64.5 Å². The Bertz CT molecular complexity index is 919. The molecule has 0 saturated carbocycles. The van der Waals surface area contributed by atoms with Crippen molar-refractivity contribution < 1.29 is 13.2 Å². The van der Waals surface area contributed by atoms with Crippen LogP contribution in [-0.4, -0.2) is 19.3 Å². The maximum atomic E-state index is 12.3. The average molecular weight is 379 g/mol. The molecular formula is C15H13N3O3S3. The fourth-order valence-corrected chi connectivity index (χ4v) is 4.98. The lowest BCUT2D eigenvalue weighted by atomic mass is 10.2. The van der Waals surface area contributed by atoms with Crippen LogP contribution in [0.15, 0.2) is 58.3 Å². The fraction of sp³-hybridized carbons (Fsp3) is 0.0667. The van der Waals surface area contributed by atoms with E-state index < -0.39 is 10.0 Å². The minimum Gasteiger partial charge on any atom is -0.347 e. The number of carbonyl (C=O) groups is 1. The number of thiophene rings is 1. The molecule has 0 aliphatic carbocycles. The van der Waals surface area contributed by atoms with E-state index in [2.05, 4.69) is 15.0 Å². The van der Waals surface area contributed by atoms with Crippen LogP contribution >= 0.6 is 22.7 Å². The van der Waals surface area contributed by atoms with Gasteiger partial charge in [0.2, 0.25) is 0 Å². The van der Waals surface area contributed by atoms with Crippen molar-refractivity contribution in [2.75, 3.05) is 4.72 Å². The summed E-state index contributed by atoms with van der Waals surface area (Å²) in [4.78, 5) is 16.6. The number of benzene rings is 1. The van der Waals surface area contributed by atoms with Gasteiger partial charge in [0.15, 0.2) is 5.13 Å². The zero-order chi connectivity index (χ0) is 17.0. The summed E-state index contributed by atoms with van der Waals surface area (Å²) >= 11 is 2.32. The summed E-state index contributed by atoms with van der Waals surface area (Å²) in [6, 6.07) is 12.1. The van der Waals surface area contributed by atoms with E-state index in [1.54, 1.807) is 35.7 Å². The van der Waals surface area contributed by atoms with Crippen LogP contribution in [0.4, 0.5) is 5.13 Å². The molecule has 0 aliphatic heterocycles. The maximum Gasteiger partial charge on any atom is 0.273 e. The molecule has 2 heterocycles. The molecule has 0 unspecified atom stereocenters. The zero-order valence-corrected chi connectivity index (χ0v) is 14.7. The topological polar surface area (TPSA) is 88.2 Å². The van der Waals surface area contributed by atoms with E-state index in [4.69, 9.17) is 0 Å². The number of nitrogens with zero attached hydrogens (tertiary/aromatic N) is 1. The molecular weight excluding hydrogens is 366 g/mol. The lowest BCUT2D eigenvalue weighted by Gasteiger charge is -2.03. The number of anilines is 1. The van der Waals surface area contributed by atoms with Crippen molar-refractivity contribution in [3.8, 4) is 0 Å². The summed E-state index contributed by atoms with van der Waals surface area (Å²) in [5.74, 6) is -0.200. The van der Waals surface area contributed by atoms with Crippen LogP contribution in [0, 0.1) is 0 Å². The average Bonchev–Trinajstić information content (AvgIpc) is 3.25. The van der Waals surface area contributed by atoms with E-state index >= 15 is 0 Å². The van der Waals surface area contributed by atoms with Crippen molar-refractivity contribution in [1.82, 2.24) is 10.3 Å². The Hall–Kier alpha value is -2.23. The number of nitrogens with one attached hydrogen (secondary N) is 2. The van der Waals surface area contributed by atoms with Gasteiger partial charge >= 0.3 is 0 Å². The quantitative estimate of drug-likeness (QED) is 0.689. The smallest absolute Gasteiger partial charge is 0.273 e. The van der Waals surface area contributed by atoms with Crippen LogP contribution in [0.25, 0.3) is 0 Å². The molecule has 2 N–H and O–H groups in total. The molecule has 9 heteroatoms. The SMILES string of the molecule is O=C(NCc1ccc(S(=O)(=O)Nc2nccs2)s1)c1ccccc1. The molecule has 0 saturated heterocycles. The Balaban J connectivity index is 1.64. The third kappa shape index (κ3) is 3.99. The van der Waals surface area contributed by atoms with Gasteiger partial charge in [0.05, 0.1) is 6.54 Å².